The van der Waals surface area contributed by atoms with Crippen molar-refractivity contribution in [3.05, 3.63) is 27.2 Å². The van der Waals surface area contributed by atoms with Gasteiger partial charge in [-0.25, -0.2) is 0 Å². The predicted molar refractivity (Wildman–Crippen MR) is 57.6 cm³/mol. The zero-order valence-corrected chi connectivity index (χ0v) is 9.14. The Morgan fingerprint density at radius 3 is 2.69 bits per heavy atom. The third kappa shape index (κ3) is 2.34. The molecular formula is C8H10BrClN2O. The van der Waals surface area contributed by atoms with Crippen molar-refractivity contribution in [1.29, 1.82) is 0 Å². The second kappa shape index (κ2) is 4.28. The van der Waals surface area contributed by atoms with Gasteiger partial charge in [-0.3, -0.25) is 0 Å². The van der Waals surface area contributed by atoms with E-state index in [0.717, 1.165) is 4.47 Å². The largest absolute Gasteiger partial charge is 0.398 e. The molecule has 0 aliphatic carbocycles. The number of aliphatic hydroxyl groups excluding tert-OH is 1. The summed E-state index contributed by atoms with van der Waals surface area (Å²) in [7, 11) is 0. The van der Waals surface area contributed by atoms with Crippen molar-refractivity contribution in [2.75, 3.05) is 12.3 Å². The van der Waals surface area contributed by atoms with Crippen LogP contribution in [0.25, 0.3) is 0 Å². The van der Waals surface area contributed by atoms with Gasteiger partial charge in [0, 0.05) is 10.2 Å². The number of rotatable bonds is 2. The fourth-order valence-electron chi connectivity index (χ4n) is 0.997. The quantitative estimate of drug-likeness (QED) is 0.712. The molecule has 0 amide bonds. The Morgan fingerprint density at radius 2 is 2.15 bits per heavy atom. The van der Waals surface area contributed by atoms with E-state index in [1.165, 1.54) is 0 Å². The highest BCUT2D eigenvalue weighted by Gasteiger charge is 2.10. The van der Waals surface area contributed by atoms with Gasteiger partial charge in [-0.15, -0.1) is 0 Å². The van der Waals surface area contributed by atoms with Gasteiger partial charge in [0.1, 0.15) is 0 Å². The van der Waals surface area contributed by atoms with Crippen LogP contribution in [0.2, 0.25) is 5.02 Å². The van der Waals surface area contributed by atoms with E-state index in [1.54, 1.807) is 12.1 Å². The normalized spacial score (nSPS) is 12.9. The molecule has 5 N–H and O–H groups in total. The molecule has 3 nitrogen and oxygen atoms in total. The van der Waals surface area contributed by atoms with E-state index in [2.05, 4.69) is 15.9 Å². The molecular weight excluding hydrogens is 255 g/mol. The van der Waals surface area contributed by atoms with E-state index in [9.17, 15) is 0 Å². The van der Waals surface area contributed by atoms with E-state index in [0.29, 0.717) is 16.3 Å². The highest BCUT2D eigenvalue weighted by Crippen LogP contribution is 2.30. The molecule has 0 saturated carbocycles. The Balaban J connectivity index is 3.15. The third-order valence-electron chi connectivity index (χ3n) is 1.72. The molecule has 0 aromatic heterocycles. The van der Waals surface area contributed by atoms with Crippen molar-refractivity contribution < 1.29 is 5.11 Å². The van der Waals surface area contributed by atoms with Crippen LogP contribution in [-0.2, 0) is 0 Å². The van der Waals surface area contributed by atoms with E-state index < -0.39 is 6.04 Å². The summed E-state index contributed by atoms with van der Waals surface area (Å²) in [5.41, 5.74) is 12.5. The Hall–Kier alpha value is -0.290. The van der Waals surface area contributed by atoms with Crippen molar-refractivity contribution in [3.63, 3.8) is 0 Å². The van der Waals surface area contributed by atoms with Crippen molar-refractivity contribution in [2.24, 2.45) is 5.73 Å². The summed E-state index contributed by atoms with van der Waals surface area (Å²) in [6, 6.07) is 2.86. The monoisotopic (exact) mass is 264 g/mol. The molecule has 0 aliphatic rings. The van der Waals surface area contributed by atoms with Gasteiger partial charge in [-0.1, -0.05) is 11.6 Å². The lowest BCUT2D eigenvalue weighted by Crippen LogP contribution is -2.16. The molecule has 0 saturated heterocycles. The maximum Gasteiger partial charge on any atom is 0.0625 e. The van der Waals surface area contributed by atoms with Crippen LogP contribution in [0.3, 0.4) is 0 Å². The van der Waals surface area contributed by atoms with Crippen LogP contribution in [0, 0.1) is 0 Å². The van der Waals surface area contributed by atoms with E-state index in [4.69, 9.17) is 28.2 Å². The van der Waals surface area contributed by atoms with Crippen LogP contribution >= 0.6 is 27.5 Å². The first-order valence-electron chi connectivity index (χ1n) is 3.67. The average Bonchev–Trinajstić information content (AvgIpc) is 2.10. The van der Waals surface area contributed by atoms with Crippen molar-refractivity contribution >= 4 is 33.2 Å². The second-order valence-electron chi connectivity index (χ2n) is 2.68. The molecule has 1 aromatic carbocycles. The van der Waals surface area contributed by atoms with E-state index in [1.807, 2.05) is 0 Å². The average molecular weight is 266 g/mol. The SMILES string of the molecule is Nc1cc(Cl)c(Br)cc1C(N)CO. The van der Waals surface area contributed by atoms with Crippen LogP contribution in [0.1, 0.15) is 11.6 Å². The number of hydrogen-bond donors (Lipinski definition) is 3. The summed E-state index contributed by atoms with van der Waals surface area (Å²) < 4.78 is 0.724. The Morgan fingerprint density at radius 1 is 1.54 bits per heavy atom. The van der Waals surface area contributed by atoms with E-state index in [-0.39, 0.29) is 6.61 Å². The first-order valence-corrected chi connectivity index (χ1v) is 4.84. The minimum atomic E-state index is -0.464. The predicted octanol–water partition coefficient (Wildman–Crippen LogP) is 1.68. The van der Waals surface area contributed by atoms with Crippen molar-refractivity contribution in [2.45, 2.75) is 6.04 Å². The zero-order chi connectivity index (χ0) is 10.0. The molecule has 13 heavy (non-hydrogen) atoms. The molecule has 0 bridgehead atoms. The van der Waals surface area contributed by atoms with Gasteiger partial charge in [-0.05, 0) is 33.6 Å². The van der Waals surface area contributed by atoms with Crippen LogP contribution in [0.15, 0.2) is 16.6 Å². The van der Waals surface area contributed by atoms with Crippen LogP contribution < -0.4 is 11.5 Å². The molecule has 72 valence electrons. The Labute approximate surface area is 89.8 Å². The van der Waals surface area contributed by atoms with Gasteiger partial charge in [-0.2, -0.15) is 0 Å². The number of aliphatic hydroxyl groups is 1. The summed E-state index contributed by atoms with van der Waals surface area (Å²) in [5, 5.41) is 9.38. The van der Waals surface area contributed by atoms with Crippen molar-refractivity contribution in [3.8, 4) is 0 Å². The summed E-state index contributed by atoms with van der Waals surface area (Å²) in [6.45, 7) is -0.141. The minimum Gasteiger partial charge on any atom is -0.398 e. The molecule has 1 atom stereocenters. The Bertz CT molecular complexity index is 319. The summed E-state index contributed by atoms with van der Waals surface area (Å²) >= 11 is 9.06. The highest BCUT2D eigenvalue weighted by atomic mass is 79.9. The highest BCUT2D eigenvalue weighted by molar-refractivity contribution is 9.10. The molecule has 1 aromatic rings. The number of halogens is 2. The molecule has 0 heterocycles. The fraction of sp³-hybridized carbons (Fsp3) is 0.250. The number of hydrogen-bond acceptors (Lipinski definition) is 3. The molecule has 5 heteroatoms. The van der Waals surface area contributed by atoms with Gasteiger partial charge in [0.05, 0.1) is 17.7 Å². The lowest BCUT2D eigenvalue weighted by atomic mass is 10.1. The molecule has 1 unspecified atom stereocenters. The summed E-state index contributed by atoms with van der Waals surface area (Å²) in [5.74, 6) is 0. The number of nitrogen functional groups attached to an aromatic ring is 1. The van der Waals surface area contributed by atoms with Gasteiger partial charge in [0.25, 0.3) is 0 Å². The maximum absolute atomic E-state index is 8.84. The van der Waals surface area contributed by atoms with Gasteiger partial charge in [0.2, 0.25) is 0 Å². The number of nitrogens with two attached hydrogens (primary N) is 2. The van der Waals surface area contributed by atoms with Crippen LogP contribution in [0.5, 0.6) is 0 Å². The first kappa shape index (κ1) is 10.8. The smallest absolute Gasteiger partial charge is 0.0625 e. The molecule has 0 radical (unpaired) electrons. The molecule has 1 rings (SSSR count). The standard InChI is InChI=1S/C8H10BrClN2O/c9-5-1-4(8(12)3-13)7(11)2-6(5)10/h1-2,8,13H,3,11-12H2. The zero-order valence-electron chi connectivity index (χ0n) is 6.80. The molecule has 0 fully saturated rings. The topological polar surface area (TPSA) is 72.3 Å². The lowest BCUT2D eigenvalue weighted by Gasteiger charge is -2.12. The summed E-state index contributed by atoms with van der Waals surface area (Å²) in [4.78, 5) is 0. The summed E-state index contributed by atoms with van der Waals surface area (Å²) in [6.07, 6.45) is 0. The first-order chi connectivity index (χ1) is 6.06. The van der Waals surface area contributed by atoms with Gasteiger partial charge < -0.3 is 16.6 Å². The third-order valence-corrected chi connectivity index (χ3v) is 2.92. The number of benzene rings is 1. The van der Waals surface area contributed by atoms with Crippen LogP contribution in [-0.4, -0.2) is 11.7 Å². The van der Waals surface area contributed by atoms with Crippen LogP contribution in [0.4, 0.5) is 5.69 Å². The Kier molecular flexibility index (Phi) is 3.55. The second-order valence-corrected chi connectivity index (χ2v) is 3.95. The van der Waals surface area contributed by atoms with Gasteiger partial charge >= 0.3 is 0 Å². The fourth-order valence-corrected chi connectivity index (χ4v) is 1.53. The molecule has 0 spiro atoms. The lowest BCUT2D eigenvalue weighted by molar-refractivity contribution is 0.268. The number of anilines is 1. The maximum atomic E-state index is 8.84. The van der Waals surface area contributed by atoms with Crippen molar-refractivity contribution in [1.82, 2.24) is 0 Å². The van der Waals surface area contributed by atoms with E-state index >= 15 is 0 Å². The van der Waals surface area contributed by atoms with Gasteiger partial charge in [0.15, 0.2) is 0 Å². The minimum absolute atomic E-state index is 0.141. The molecule has 0 aliphatic heterocycles.